The van der Waals surface area contributed by atoms with E-state index in [0.717, 1.165) is 11.3 Å². The Labute approximate surface area is 97.9 Å². The average Bonchev–Trinajstić information content (AvgIpc) is 2.85. The Morgan fingerprint density at radius 2 is 2.06 bits per heavy atom. The van der Waals surface area contributed by atoms with Crippen LogP contribution in [0.1, 0.15) is 12.0 Å². The van der Waals surface area contributed by atoms with Crippen LogP contribution in [0, 0.1) is 0 Å². The molecule has 0 aliphatic carbocycles. The minimum absolute atomic E-state index is 0.444. The Balaban J connectivity index is 2.33. The topological polar surface area (TPSA) is 44.2 Å². The lowest BCUT2D eigenvalue weighted by Crippen LogP contribution is -2.07. The summed E-state index contributed by atoms with van der Waals surface area (Å²) in [6.45, 7) is 0. The highest BCUT2D eigenvalue weighted by atomic mass is 32.1. The minimum atomic E-state index is -0.444. The van der Waals surface area contributed by atoms with Gasteiger partial charge in [0.1, 0.15) is 5.69 Å². The van der Waals surface area contributed by atoms with E-state index in [9.17, 15) is 0 Å². The van der Waals surface area contributed by atoms with E-state index in [-0.39, 0.29) is 0 Å². The molecule has 0 saturated heterocycles. The van der Waals surface area contributed by atoms with Crippen LogP contribution >= 0.6 is 11.3 Å². The zero-order valence-electron chi connectivity index (χ0n) is 9.08. The molecule has 0 aliphatic rings. The Kier molecular flexibility index (Phi) is 3.61. The smallest absolute Gasteiger partial charge is 0.200 e. The first-order chi connectivity index (χ1) is 7.85. The number of rotatable bonds is 4. The van der Waals surface area contributed by atoms with Crippen LogP contribution in [0.3, 0.4) is 0 Å². The number of hydrogen-bond acceptors (Lipinski definition) is 5. The monoisotopic (exact) mass is 236 g/mol. The Bertz CT molecular complexity index is 441. The van der Waals surface area contributed by atoms with Crippen molar-refractivity contribution in [3.63, 3.8) is 0 Å². The summed E-state index contributed by atoms with van der Waals surface area (Å²) in [5.41, 5.74) is 1.74. The molecule has 2 aromatic heterocycles. The third kappa shape index (κ3) is 2.27. The van der Waals surface area contributed by atoms with Gasteiger partial charge in [-0.25, -0.2) is 9.97 Å². The highest BCUT2D eigenvalue weighted by Gasteiger charge is 2.12. The maximum absolute atomic E-state index is 5.15. The lowest BCUT2D eigenvalue weighted by Gasteiger charge is -2.12. The quantitative estimate of drug-likeness (QED) is 0.765. The van der Waals surface area contributed by atoms with Gasteiger partial charge in [-0.1, -0.05) is 0 Å². The number of hydrogen-bond donors (Lipinski definition) is 0. The predicted octanol–water partition coefficient (Wildman–Crippen LogP) is 2.50. The van der Waals surface area contributed by atoms with Gasteiger partial charge in [-0.15, -0.1) is 0 Å². The van der Waals surface area contributed by atoms with Gasteiger partial charge in [0.25, 0.3) is 0 Å². The van der Waals surface area contributed by atoms with Crippen LogP contribution in [0.25, 0.3) is 11.4 Å². The summed E-state index contributed by atoms with van der Waals surface area (Å²) in [6, 6.07) is 3.77. The van der Waals surface area contributed by atoms with Crippen LogP contribution in [0.2, 0.25) is 0 Å². The van der Waals surface area contributed by atoms with Crippen molar-refractivity contribution in [1.29, 1.82) is 0 Å². The van der Waals surface area contributed by atoms with Gasteiger partial charge in [-0.2, -0.15) is 11.3 Å². The molecule has 0 aromatic carbocycles. The van der Waals surface area contributed by atoms with Gasteiger partial charge < -0.3 is 9.47 Å². The molecule has 0 atom stereocenters. The Morgan fingerprint density at radius 3 is 2.69 bits per heavy atom. The fourth-order valence-corrected chi connectivity index (χ4v) is 2.01. The maximum atomic E-state index is 5.15. The fraction of sp³-hybridized carbons (Fsp3) is 0.273. The van der Waals surface area contributed by atoms with E-state index in [1.54, 1.807) is 37.8 Å². The van der Waals surface area contributed by atoms with E-state index in [0.29, 0.717) is 5.82 Å². The second kappa shape index (κ2) is 5.16. The summed E-state index contributed by atoms with van der Waals surface area (Å²) in [5, 5.41) is 4.00. The molecule has 2 heterocycles. The molecule has 84 valence electrons. The van der Waals surface area contributed by atoms with E-state index in [1.807, 2.05) is 16.8 Å². The SMILES string of the molecule is COC(OC)c1ccnc(-c2ccsc2)n1. The summed E-state index contributed by atoms with van der Waals surface area (Å²) in [6.07, 6.45) is 1.26. The molecule has 0 N–H and O–H groups in total. The molecule has 5 heteroatoms. The third-order valence-corrected chi connectivity index (χ3v) is 2.81. The van der Waals surface area contributed by atoms with E-state index in [2.05, 4.69) is 9.97 Å². The normalized spacial score (nSPS) is 10.9. The second-order valence-electron chi connectivity index (χ2n) is 3.12. The van der Waals surface area contributed by atoms with Crippen LogP contribution in [0.5, 0.6) is 0 Å². The van der Waals surface area contributed by atoms with Crippen LogP contribution in [0.4, 0.5) is 0 Å². The molecule has 2 rings (SSSR count). The van der Waals surface area contributed by atoms with Crippen molar-refractivity contribution < 1.29 is 9.47 Å². The summed E-state index contributed by atoms with van der Waals surface area (Å²) in [7, 11) is 3.17. The Morgan fingerprint density at radius 1 is 1.25 bits per heavy atom. The molecule has 0 spiro atoms. The van der Waals surface area contributed by atoms with Gasteiger partial charge in [-0.3, -0.25) is 0 Å². The second-order valence-corrected chi connectivity index (χ2v) is 3.90. The number of nitrogens with zero attached hydrogens (tertiary/aromatic N) is 2. The van der Waals surface area contributed by atoms with Crippen LogP contribution < -0.4 is 0 Å². The standard InChI is InChI=1S/C11H12N2O2S/c1-14-11(15-2)9-3-5-12-10(13-9)8-4-6-16-7-8/h3-7,11H,1-2H3. The maximum Gasteiger partial charge on any atom is 0.200 e. The van der Waals surface area contributed by atoms with Crippen LogP contribution in [-0.4, -0.2) is 24.2 Å². The first-order valence-electron chi connectivity index (χ1n) is 4.76. The van der Waals surface area contributed by atoms with Crippen molar-refractivity contribution in [1.82, 2.24) is 9.97 Å². The van der Waals surface area contributed by atoms with E-state index >= 15 is 0 Å². The molecule has 0 amide bonds. The molecule has 2 aromatic rings. The molecule has 0 aliphatic heterocycles. The summed E-state index contributed by atoms with van der Waals surface area (Å²) in [5.74, 6) is 0.692. The highest BCUT2D eigenvalue weighted by Crippen LogP contribution is 2.21. The van der Waals surface area contributed by atoms with Crippen LogP contribution in [0.15, 0.2) is 29.1 Å². The van der Waals surface area contributed by atoms with Gasteiger partial charge in [0.2, 0.25) is 6.29 Å². The molecule has 0 radical (unpaired) electrons. The van der Waals surface area contributed by atoms with Gasteiger partial charge in [0, 0.05) is 31.4 Å². The van der Waals surface area contributed by atoms with Crippen molar-refractivity contribution in [2.45, 2.75) is 6.29 Å². The molecular weight excluding hydrogens is 224 g/mol. The van der Waals surface area contributed by atoms with Crippen LogP contribution in [-0.2, 0) is 9.47 Å². The fourth-order valence-electron chi connectivity index (χ4n) is 1.37. The minimum Gasteiger partial charge on any atom is -0.350 e. The molecular formula is C11H12N2O2S. The number of ether oxygens (including phenoxy) is 2. The molecule has 0 bridgehead atoms. The average molecular weight is 236 g/mol. The van der Waals surface area contributed by atoms with E-state index in [4.69, 9.17) is 9.47 Å². The van der Waals surface area contributed by atoms with Gasteiger partial charge >= 0.3 is 0 Å². The Hall–Kier alpha value is -1.30. The van der Waals surface area contributed by atoms with Crippen molar-refractivity contribution in [3.05, 3.63) is 34.8 Å². The zero-order chi connectivity index (χ0) is 11.4. The van der Waals surface area contributed by atoms with E-state index < -0.39 is 6.29 Å². The van der Waals surface area contributed by atoms with Crippen molar-refractivity contribution in [2.24, 2.45) is 0 Å². The lowest BCUT2D eigenvalue weighted by atomic mass is 10.3. The van der Waals surface area contributed by atoms with Crippen molar-refractivity contribution in [3.8, 4) is 11.4 Å². The zero-order valence-corrected chi connectivity index (χ0v) is 9.90. The molecule has 4 nitrogen and oxygen atoms in total. The number of thiophene rings is 1. The molecule has 0 unspecified atom stereocenters. The van der Waals surface area contributed by atoms with Crippen molar-refractivity contribution >= 4 is 11.3 Å². The summed E-state index contributed by atoms with van der Waals surface area (Å²) < 4.78 is 10.3. The largest absolute Gasteiger partial charge is 0.350 e. The first-order valence-corrected chi connectivity index (χ1v) is 5.70. The predicted molar refractivity (Wildman–Crippen MR) is 62.1 cm³/mol. The van der Waals surface area contributed by atoms with Gasteiger partial charge in [-0.05, 0) is 17.5 Å². The first kappa shape index (κ1) is 11.2. The highest BCUT2D eigenvalue weighted by molar-refractivity contribution is 7.08. The van der Waals surface area contributed by atoms with E-state index in [1.165, 1.54) is 0 Å². The number of methoxy groups -OCH3 is 2. The number of aromatic nitrogens is 2. The van der Waals surface area contributed by atoms with Gasteiger partial charge in [0.15, 0.2) is 5.82 Å². The van der Waals surface area contributed by atoms with Crippen molar-refractivity contribution in [2.75, 3.05) is 14.2 Å². The molecule has 0 saturated carbocycles. The molecule has 0 fully saturated rings. The lowest BCUT2D eigenvalue weighted by molar-refractivity contribution is -0.108. The third-order valence-electron chi connectivity index (χ3n) is 2.13. The summed E-state index contributed by atoms with van der Waals surface area (Å²) >= 11 is 1.62. The molecule has 16 heavy (non-hydrogen) atoms. The van der Waals surface area contributed by atoms with Gasteiger partial charge in [0.05, 0.1) is 0 Å². The summed E-state index contributed by atoms with van der Waals surface area (Å²) in [4.78, 5) is 8.62.